The third-order valence-electron chi connectivity index (χ3n) is 3.56. The second-order valence-corrected chi connectivity index (χ2v) is 5.06. The summed E-state index contributed by atoms with van der Waals surface area (Å²) in [6, 6.07) is 9.81. The molecule has 0 bridgehead atoms. The summed E-state index contributed by atoms with van der Waals surface area (Å²) in [6.45, 7) is 8.29. The average molecular weight is 304 g/mol. The van der Waals surface area contributed by atoms with Gasteiger partial charge in [0.15, 0.2) is 6.10 Å². The molecule has 0 fully saturated rings. The summed E-state index contributed by atoms with van der Waals surface area (Å²) in [6.07, 6.45) is 2.63. The molecular weight excluding hydrogens is 280 g/mol. The quantitative estimate of drug-likeness (QED) is 0.533. The monoisotopic (exact) mass is 304 g/mol. The Balaban J connectivity index is 2.63. The molecule has 0 aliphatic carbocycles. The number of hydrogen-bond donors (Lipinski definition) is 1. The molecule has 1 aromatic carbocycles. The van der Waals surface area contributed by atoms with Gasteiger partial charge in [0.1, 0.15) is 0 Å². The van der Waals surface area contributed by atoms with Crippen molar-refractivity contribution in [3.05, 3.63) is 61.2 Å². The number of allylic oxidation sites excluding steroid dienone is 1. The highest BCUT2D eigenvalue weighted by molar-refractivity contribution is 5.74. The summed E-state index contributed by atoms with van der Waals surface area (Å²) in [5.41, 5.74) is 1.07. The number of carbonyl (C=O) groups is 1. The third-order valence-corrected chi connectivity index (χ3v) is 3.56. The minimum Gasteiger partial charge on any atom is -0.467 e. The van der Waals surface area contributed by atoms with Crippen LogP contribution in [0, 0.1) is 11.8 Å². The van der Waals surface area contributed by atoms with E-state index in [0.29, 0.717) is 19.6 Å². The van der Waals surface area contributed by atoms with Gasteiger partial charge in [-0.2, -0.15) is 0 Å². The van der Waals surface area contributed by atoms with E-state index in [1.54, 1.807) is 12.2 Å². The molecule has 1 rings (SSSR count). The van der Waals surface area contributed by atoms with Crippen LogP contribution in [-0.4, -0.2) is 30.9 Å². The van der Waals surface area contributed by atoms with Crippen molar-refractivity contribution in [2.75, 3.05) is 13.7 Å². The number of methoxy groups -OCH3 is 1. The van der Waals surface area contributed by atoms with Gasteiger partial charge in [-0.3, -0.25) is 0 Å². The molecule has 0 unspecified atom stereocenters. The minimum atomic E-state index is -1.22. The second-order valence-electron chi connectivity index (χ2n) is 5.06. The van der Waals surface area contributed by atoms with Gasteiger partial charge in [0.05, 0.1) is 20.3 Å². The van der Waals surface area contributed by atoms with Gasteiger partial charge >= 0.3 is 5.97 Å². The molecule has 0 aliphatic rings. The first kappa shape index (κ1) is 18.1. The largest absolute Gasteiger partial charge is 0.467 e. The molecule has 0 spiro atoms. The van der Waals surface area contributed by atoms with Crippen molar-refractivity contribution < 1.29 is 19.4 Å². The minimum absolute atomic E-state index is 0.171. The fraction of sp³-hybridized carbons (Fsp3) is 0.389. The molecule has 120 valence electrons. The fourth-order valence-electron chi connectivity index (χ4n) is 2.28. The van der Waals surface area contributed by atoms with Crippen molar-refractivity contribution in [3.8, 4) is 0 Å². The Morgan fingerprint density at radius 2 is 2.00 bits per heavy atom. The van der Waals surface area contributed by atoms with Crippen LogP contribution >= 0.6 is 0 Å². The van der Waals surface area contributed by atoms with Gasteiger partial charge in [-0.25, -0.2) is 4.79 Å². The first-order valence-electron chi connectivity index (χ1n) is 7.25. The highest BCUT2D eigenvalue weighted by Gasteiger charge is 2.31. The van der Waals surface area contributed by atoms with E-state index in [9.17, 15) is 9.90 Å². The van der Waals surface area contributed by atoms with Gasteiger partial charge in [0.25, 0.3) is 0 Å². The number of carbonyl (C=O) groups excluding carboxylic acids is 1. The highest BCUT2D eigenvalue weighted by Crippen LogP contribution is 2.23. The molecule has 22 heavy (non-hydrogen) atoms. The Morgan fingerprint density at radius 3 is 2.55 bits per heavy atom. The number of hydrogen-bond acceptors (Lipinski definition) is 4. The smallest absolute Gasteiger partial charge is 0.335 e. The van der Waals surface area contributed by atoms with Crippen molar-refractivity contribution in [1.82, 2.24) is 0 Å². The molecule has 4 nitrogen and oxygen atoms in total. The van der Waals surface area contributed by atoms with Crippen LogP contribution in [0.15, 0.2) is 55.6 Å². The molecule has 0 saturated carbocycles. The number of aliphatic hydroxyl groups is 1. The Labute approximate surface area is 132 Å². The van der Waals surface area contributed by atoms with E-state index in [2.05, 4.69) is 17.9 Å². The highest BCUT2D eigenvalue weighted by atomic mass is 16.5. The molecule has 0 amide bonds. The van der Waals surface area contributed by atoms with E-state index in [1.165, 1.54) is 7.11 Å². The molecule has 0 aliphatic heterocycles. The van der Waals surface area contributed by atoms with Crippen LogP contribution in [0.2, 0.25) is 0 Å². The van der Waals surface area contributed by atoms with Gasteiger partial charge in [-0.1, -0.05) is 42.5 Å². The lowest BCUT2D eigenvalue weighted by Gasteiger charge is -2.26. The lowest BCUT2D eigenvalue weighted by molar-refractivity contribution is -0.154. The maximum absolute atomic E-state index is 11.6. The van der Waals surface area contributed by atoms with Gasteiger partial charge < -0.3 is 14.6 Å². The van der Waals surface area contributed by atoms with Crippen LogP contribution in [0.25, 0.3) is 0 Å². The zero-order valence-corrected chi connectivity index (χ0v) is 13.0. The zero-order valence-electron chi connectivity index (χ0n) is 13.0. The summed E-state index contributed by atoms with van der Waals surface area (Å²) in [5.74, 6) is -1.18. The molecule has 1 aromatic rings. The van der Waals surface area contributed by atoms with Crippen LogP contribution in [0.3, 0.4) is 0 Å². The van der Waals surface area contributed by atoms with Gasteiger partial charge in [0.2, 0.25) is 0 Å². The van der Waals surface area contributed by atoms with E-state index in [-0.39, 0.29) is 11.8 Å². The van der Waals surface area contributed by atoms with Crippen LogP contribution in [0.5, 0.6) is 0 Å². The summed E-state index contributed by atoms with van der Waals surface area (Å²) >= 11 is 0. The Bertz CT molecular complexity index is 469. The van der Waals surface area contributed by atoms with Gasteiger partial charge in [-0.15, -0.1) is 13.2 Å². The van der Waals surface area contributed by atoms with Crippen molar-refractivity contribution >= 4 is 5.97 Å². The first-order chi connectivity index (χ1) is 10.6. The summed E-state index contributed by atoms with van der Waals surface area (Å²) < 4.78 is 10.3. The Morgan fingerprint density at radius 1 is 1.32 bits per heavy atom. The van der Waals surface area contributed by atoms with Crippen molar-refractivity contribution in [3.63, 3.8) is 0 Å². The van der Waals surface area contributed by atoms with E-state index >= 15 is 0 Å². The Kier molecular flexibility index (Phi) is 8.18. The molecule has 1 N–H and O–H groups in total. The number of esters is 1. The molecule has 0 aromatic heterocycles. The van der Waals surface area contributed by atoms with Crippen LogP contribution < -0.4 is 0 Å². The average Bonchev–Trinajstić information content (AvgIpc) is 2.56. The van der Waals surface area contributed by atoms with Crippen LogP contribution in [0.4, 0.5) is 0 Å². The van der Waals surface area contributed by atoms with Crippen molar-refractivity contribution in [2.24, 2.45) is 11.8 Å². The fourth-order valence-corrected chi connectivity index (χ4v) is 2.28. The number of aliphatic hydroxyl groups excluding tert-OH is 1. The molecule has 0 radical (unpaired) electrons. The number of benzene rings is 1. The predicted molar refractivity (Wildman–Crippen MR) is 86.1 cm³/mol. The molecule has 0 saturated heterocycles. The maximum Gasteiger partial charge on any atom is 0.335 e. The van der Waals surface area contributed by atoms with Gasteiger partial charge in [-0.05, 0) is 12.0 Å². The van der Waals surface area contributed by atoms with E-state index in [1.807, 2.05) is 30.3 Å². The molecule has 3 atom stereocenters. The summed E-state index contributed by atoms with van der Waals surface area (Å²) in [4.78, 5) is 11.6. The van der Waals surface area contributed by atoms with E-state index in [0.717, 1.165) is 5.56 Å². The first-order valence-corrected chi connectivity index (χ1v) is 7.25. The molecule has 0 heterocycles. The van der Waals surface area contributed by atoms with Crippen molar-refractivity contribution in [2.45, 2.75) is 19.1 Å². The topological polar surface area (TPSA) is 55.8 Å². The lowest BCUT2D eigenvalue weighted by atomic mass is 9.85. The van der Waals surface area contributed by atoms with E-state index in [4.69, 9.17) is 4.74 Å². The SMILES string of the molecule is C=CC[C@H]([C@@H](C=C)COCc1ccccc1)[C@@H](O)C(=O)OC. The van der Waals surface area contributed by atoms with Gasteiger partial charge in [0, 0.05) is 11.8 Å². The summed E-state index contributed by atoms with van der Waals surface area (Å²) in [5, 5.41) is 10.1. The van der Waals surface area contributed by atoms with Crippen LogP contribution in [-0.2, 0) is 20.9 Å². The molecular formula is C18H24O4. The number of rotatable bonds is 10. The third kappa shape index (κ3) is 5.47. The Hall–Kier alpha value is -1.91. The van der Waals surface area contributed by atoms with Crippen LogP contribution in [0.1, 0.15) is 12.0 Å². The normalized spacial score (nSPS) is 14.6. The zero-order chi connectivity index (χ0) is 16.4. The predicted octanol–water partition coefficient (Wildman–Crippen LogP) is 2.73. The van der Waals surface area contributed by atoms with E-state index < -0.39 is 12.1 Å². The molecule has 4 heteroatoms. The standard InChI is InChI=1S/C18H24O4/c1-4-9-16(17(19)18(20)21-3)15(5-2)13-22-12-14-10-7-6-8-11-14/h4-8,10-11,15-17,19H,1-2,9,12-13H2,3H3/t15-,16+,17+/m0/s1. The lowest BCUT2D eigenvalue weighted by Crippen LogP contribution is -2.36. The number of ether oxygens (including phenoxy) is 2. The summed E-state index contributed by atoms with van der Waals surface area (Å²) in [7, 11) is 1.26. The second kappa shape index (κ2) is 9.92. The van der Waals surface area contributed by atoms with Crippen molar-refractivity contribution in [1.29, 1.82) is 0 Å². The maximum atomic E-state index is 11.6.